The van der Waals surface area contributed by atoms with Crippen molar-refractivity contribution in [1.82, 2.24) is 0 Å². The van der Waals surface area contributed by atoms with Crippen LogP contribution in [0.2, 0.25) is 0 Å². The second-order valence-electron chi connectivity index (χ2n) is 6.58. The molecule has 0 saturated heterocycles. The molecule has 134 valence electrons. The van der Waals surface area contributed by atoms with Crippen LogP contribution >= 0.6 is 0 Å². The summed E-state index contributed by atoms with van der Waals surface area (Å²) in [6.45, 7) is 3.99. The molecule has 0 heterocycles. The first kappa shape index (κ1) is 19.7. The molecule has 0 fully saturated rings. The highest BCUT2D eigenvalue weighted by Gasteiger charge is 2.25. The maximum atomic E-state index is 3.99. The van der Waals surface area contributed by atoms with E-state index < -0.39 is 0 Å². The maximum absolute atomic E-state index is 3.99. The summed E-state index contributed by atoms with van der Waals surface area (Å²) in [5.41, 5.74) is 5.97. The van der Waals surface area contributed by atoms with Gasteiger partial charge in [0.25, 0.3) is 0 Å². The molecule has 0 saturated carbocycles. The van der Waals surface area contributed by atoms with Crippen LogP contribution in [0.1, 0.15) is 17.2 Å². The van der Waals surface area contributed by atoms with Crippen LogP contribution in [0.15, 0.2) is 91.1 Å². The minimum Gasteiger partial charge on any atom is -1.00 e. The molecule has 0 amide bonds. The van der Waals surface area contributed by atoms with Gasteiger partial charge < -0.3 is 17.3 Å². The third-order valence-electron chi connectivity index (χ3n) is 4.57. The van der Waals surface area contributed by atoms with E-state index in [9.17, 15) is 0 Å². The van der Waals surface area contributed by atoms with Gasteiger partial charge in [-0.3, -0.25) is 0 Å². The van der Waals surface area contributed by atoms with Crippen molar-refractivity contribution in [3.63, 3.8) is 0 Å². The van der Waals surface area contributed by atoms with E-state index in [1.54, 1.807) is 0 Å². The van der Waals surface area contributed by atoms with Crippen molar-refractivity contribution in [3.8, 4) is 0 Å². The monoisotopic (exact) mass is 364 g/mol. The van der Waals surface area contributed by atoms with Crippen LogP contribution in [-0.4, -0.2) is 31.4 Å². The van der Waals surface area contributed by atoms with Gasteiger partial charge in [-0.05, 0) is 42.0 Å². The van der Waals surface area contributed by atoms with Crippen molar-refractivity contribution >= 4 is 11.4 Å². The van der Waals surface area contributed by atoms with E-state index in [0.29, 0.717) is 0 Å². The van der Waals surface area contributed by atoms with Crippen LogP contribution in [0.3, 0.4) is 0 Å². The third-order valence-corrected chi connectivity index (χ3v) is 4.57. The number of allylic oxidation sites excluding steroid dienone is 5. The zero-order chi connectivity index (χ0) is 17.8. The second kappa shape index (κ2) is 8.68. The molecule has 0 radical (unpaired) electrons. The highest BCUT2D eigenvalue weighted by molar-refractivity contribution is 6.02. The molecule has 0 aromatic heterocycles. The van der Waals surface area contributed by atoms with E-state index in [-0.39, 0.29) is 18.4 Å². The number of hydrogen-bond donors (Lipinski definition) is 0. The number of benzene rings is 2. The fourth-order valence-electron chi connectivity index (χ4n) is 3.11. The SMILES string of the molecule is C=C1C=CC(=[N+](C)C(c2ccccc2)c2ccc(N(C)C)cc2)C=C1.[Cl-]. The number of rotatable bonds is 4. The normalized spacial score (nSPS) is 14.0. The van der Waals surface area contributed by atoms with E-state index in [2.05, 4.69) is 116 Å². The fraction of sp³-hybridized carbons (Fsp3) is 0.174. The van der Waals surface area contributed by atoms with Crippen LogP contribution < -0.4 is 17.3 Å². The van der Waals surface area contributed by atoms with Crippen LogP contribution in [-0.2, 0) is 0 Å². The third kappa shape index (κ3) is 4.33. The molecule has 26 heavy (non-hydrogen) atoms. The molecule has 1 atom stereocenters. The Morgan fingerprint density at radius 1 is 0.808 bits per heavy atom. The van der Waals surface area contributed by atoms with Gasteiger partial charge in [-0.2, -0.15) is 0 Å². The standard InChI is InChI=1S/C23H25N2.ClH/c1-18-10-14-22(15-11-18)25(4)23(19-8-6-5-7-9-19)20-12-16-21(17-13-20)24(2)3;/h5-17,23H,1H2,2-4H3;1H/q+1;/p-1. The van der Waals surface area contributed by atoms with Crippen molar-refractivity contribution < 1.29 is 17.0 Å². The number of anilines is 1. The summed E-state index contributed by atoms with van der Waals surface area (Å²) in [6.07, 6.45) is 8.38. The summed E-state index contributed by atoms with van der Waals surface area (Å²) >= 11 is 0. The summed E-state index contributed by atoms with van der Waals surface area (Å²) in [6, 6.07) is 19.6. The largest absolute Gasteiger partial charge is 1.00 e. The predicted octanol–water partition coefficient (Wildman–Crippen LogP) is 1.61. The summed E-state index contributed by atoms with van der Waals surface area (Å²) in [4.78, 5) is 2.12. The van der Waals surface area contributed by atoms with Gasteiger partial charge in [0.05, 0.1) is 0 Å². The Kier molecular flexibility index (Phi) is 6.59. The van der Waals surface area contributed by atoms with E-state index in [4.69, 9.17) is 0 Å². The van der Waals surface area contributed by atoms with Crippen molar-refractivity contribution in [2.75, 3.05) is 26.0 Å². The van der Waals surface area contributed by atoms with Crippen molar-refractivity contribution in [2.24, 2.45) is 0 Å². The smallest absolute Gasteiger partial charge is 0.203 e. The molecular weight excluding hydrogens is 340 g/mol. The Bertz CT molecular complexity index is 826. The molecule has 2 aromatic carbocycles. The van der Waals surface area contributed by atoms with E-state index in [1.165, 1.54) is 22.5 Å². The topological polar surface area (TPSA) is 6.25 Å². The molecule has 0 aliphatic heterocycles. The van der Waals surface area contributed by atoms with Gasteiger partial charge in [-0.1, -0.05) is 36.9 Å². The quantitative estimate of drug-likeness (QED) is 0.747. The Hall–Kier alpha value is -2.58. The Balaban J connectivity index is 0.00000243. The minimum atomic E-state index is 0. The summed E-state index contributed by atoms with van der Waals surface area (Å²) < 4.78 is 2.32. The molecule has 0 N–H and O–H groups in total. The zero-order valence-corrected chi connectivity index (χ0v) is 16.3. The Morgan fingerprint density at radius 3 is 1.88 bits per heavy atom. The molecule has 0 spiro atoms. The van der Waals surface area contributed by atoms with Gasteiger partial charge in [-0.25, -0.2) is 4.58 Å². The number of halogens is 1. The average molecular weight is 365 g/mol. The lowest BCUT2D eigenvalue weighted by atomic mass is 9.97. The lowest BCUT2D eigenvalue weighted by Gasteiger charge is -2.18. The minimum absolute atomic E-state index is 0. The molecule has 0 bridgehead atoms. The molecule has 2 nitrogen and oxygen atoms in total. The zero-order valence-electron chi connectivity index (χ0n) is 15.6. The molecule has 3 heteroatoms. The summed E-state index contributed by atoms with van der Waals surface area (Å²) in [7, 11) is 6.28. The second-order valence-corrected chi connectivity index (χ2v) is 6.58. The van der Waals surface area contributed by atoms with E-state index >= 15 is 0 Å². The number of nitrogens with zero attached hydrogens (tertiary/aromatic N) is 2. The van der Waals surface area contributed by atoms with Crippen molar-refractivity contribution in [3.05, 3.63) is 102 Å². The highest BCUT2D eigenvalue weighted by Crippen LogP contribution is 2.27. The fourth-order valence-corrected chi connectivity index (χ4v) is 3.11. The van der Waals surface area contributed by atoms with E-state index in [0.717, 1.165) is 5.57 Å². The first-order valence-corrected chi connectivity index (χ1v) is 8.53. The highest BCUT2D eigenvalue weighted by atomic mass is 35.5. The van der Waals surface area contributed by atoms with Crippen LogP contribution in [0.5, 0.6) is 0 Å². The van der Waals surface area contributed by atoms with Crippen LogP contribution in [0.4, 0.5) is 5.69 Å². The maximum Gasteiger partial charge on any atom is 0.203 e. The Labute approximate surface area is 162 Å². The summed E-state index contributed by atoms with van der Waals surface area (Å²) in [5.74, 6) is 0. The van der Waals surface area contributed by atoms with Gasteiger partial charge in [-0.15, -0.1) is 0 Å². The van der Waals surface area contributed by atoms with Gasteiger partial charge in [0.15, 0.2) is 0 Å². The molecular formula is C23H25ClN2. The van der Waals surface area contributed by atoms with Crippen LogP contribution in [0.25, 0.3) is 0 Å². The van der Waals surface area contributed by atoms with Gasteiger partial charge >= 0.3 is 0 Å². The van der Waals surface area contributed by atoms with Crippen molar-refractivity contribution in [1.29, 1.82) is 0 Å². The molecule has 3 rings (SSSR count). The average Bonchev–Trinajstić information content (AvgIpc) is 2.64. The molecule has 1 aliphatic carbocycles. The van der Waals surface area contributed by atoms with E-state index in [1.807, 2.05) is 0 Å². The van der Waals surface area contributed by atoms with Gasteiger partial charge in [0.1, 0.15) is 7.05 Å². The van der Waals surface area contributed by atoms with Crippen molar-refractivity contribution in [2.45, 2.75) is 6.04 Å². The number of hydrogen-bond acceptors (Lipinski definition) is 1. The summed E-state index contributed by atoms with van der Waals surface area (Å²) in [5, 5.41) is 0. The lowest BCUT2D eigenvalue weighted by Crippen LogP contribution is -3.00. The lowest BCUT2D eigenvalue weighted by molar-refractivity contribution is -0.532. The molecule has 1 aliphatic rings. The van der Waals surface area contributed by atoms with Gasteiger partial charge in [0.2, 0.25) is 11.8 Å². The Morgan fingerprint density at radius 2 is 1.35 bits per heavy atom. The predicted molar refractivity (Wildman–Crippen MR) is 108 cm³/mol. The molecule has 1 unspecified atom stereocenters. The molecule has 2 aromatic rings. The van der Waals surface area contributed by atoms with Crippen LogP contribution in [0, 0.1) is 0 Å². The first-order chi connectivity index (χ1) is 12.1. The first-order valence-electron chi connectivity index (χ1n) is 8.53. The van der Waals surface area contributed by atoms with Gasteiger partial charge in [0, 0.05) is 43.1 Å².